The van der Waals surface area contributed by atoms with Crippen molar-refractivity contribution in [2.45, 2.75) is 19.0 Å². The molecule has 1 unspecified atom stereocenters. The zero-order chi connectivity index (χ0) is 13.0. The van der Waals surface area contributed by atoms with Gasteiger partial charge >= 0.3 is 0 Å². The average Bonchev–Trinajstić information content (AvgIpc) is 2.64. The van der Waals surface area contributed by atoms with Crippen molar-refractivity contribution >= 4 is 10.0 Å². The van der Waals surface area contributed by atoms with E-state index in [1.807, 2.05) is 30.3 Å². The second-order valence-corrected chi connectivity index (χ2v) is 6.24. The third kappa shape index (κ3) is 2.81. The molecule has 0 N–H and O–H groups in total. The Morgan fingerprint density at radius 2 is 2.11 bits per heavy atom. The van der Waals surface area contributed by atoms with Gasteiger partial charge in [-0.25, -0.2) is 8.42 Å². The quantitative estimate of drug-likeness (QED) is 0.473. The van der Waals surface area contributed by atoms with E-state index in [4.69, 9.17) is 5.53 Å². The molecular formula is C11H14N4O2S. The summed E-state index contributed by atoms with van der Waals surface area (Å²) in [7, 11) is -3.21. The van der Waals surface area contributed by atoms with E-state index >= 15 is 0 Å². The lowest BCUT2D eigenvalue weighted by Crippen LogP contribution is -2.34. The van der Waals surface area contributed by atoms with Crippen LogP contribution in [0.25, 0.3) is 10.4 Å². The molecule has 96 valence electrons. The average molecular weight is 266 g/mol. The molecule has 1 heterocycles. The van der Waals surface area contributed by atoms with E-state index in [2.05, 4.69) is 10.0 Å². The first-order valence-corrected chi connectivity index (χ1v) is 7.29. The zero-order valence-corrected chi connectivity index (χ0v) is 10.6. The van der Waals surface area contributed by atoms with E-state index in [1.54, 1.807) is 0 Å². The molecule has 0 bridgehead atoms. The van der Waals surface area contributed by atoms with Crippen LogP contribution >= 0.6 is 0 Å². The van der Waals surface area contributed by atoms with Crippen LogP contribution in [0.1, 0.15) is 12.0 Å². The maximum Gasteiger partial charge on any atom is 0.214 e. The number of nitrogens with zero attached hydrogens (tertiary/aromatic N) is 4. The maximum absolute atomic E-state index is 11.9. The minimum Gasteiger partial charge on any atom is -0.212 e. The minimum atomic E-state index is -3.21. The maximum atomic E-state index is 11.9. The van der Waals surface area contributed by atoms with E-state index < -0.39 is 10.0 Å². The predicted molar refractivity (Wildman–Crippen MR) is 68.2 cm³/mol. The number of sulfonamides is 1. The fourth-order valence-electron chi connectivity index (χ4n) is 2.08. The van der Waals surface area contributed by atoms with Crippen LogP contribution in [0.15, 0.2) is 35.4 Å². The lowest BCUT2D eigenvalue weighted by molar-refractivity contribution is 0.342. The fraction of sp³-hybridized carbons (Fsp3) is 0.455. The van der Waals surface area contributed by atoms with E-state index in [0.717, 1.165) is 5.56 Å². The summed E-state index contributed by atoms with van der Waals surface area (Å²) in [6, 6.07) is 9.20. The molecule has 1 fully saturated rings. The smallest absolute Gasteiger partial charge is 0.212 e. The van der Waals surface area contributed by atoms with E-state index in [9.17, 15) is 8.42 Å². The molecule has 18 heavy (non-hydrogen) atoms. The van der Waals surface area contributed by atoms with Crippen LogP contribution in [0.4, 0.5) is 0 Å². The van der Waals surface area contributed by atoms with Gasteiger partial charge in [-0.1, -0.05) is 35.4 Å². The summed E-state index contributed by atoms with van der Waals surface area (Å²) in [6.07, 6.45) is 0.522. The number of hydrogen-bond acceptors (Lipinski definition) is 3. The predicted octanol–water partition coefficient (Wildman–Crippen LogP) is 1.90. The van der Waals surface area contributed by atoms with Gasteiger partial charge in [-0.3, -0.25) is 0 Å². The zero-order valence-electron chi connectivity index (χ0n) is 9.81. The number of rotatable bonds is 4. The summed E-state index contributed by atoms with van der Waals surface area (Å²) >= 11 is 0. The van der Waals surface area contributed by atoms with Gasteiger partial charge in [0.1, 0.15) is 0 Å². The lowest BCUT2D eigenvalue weighted by Gasteiger charge is -2.21. The summed E-state index contributed by atoms with van der Waals surface area (Å²) in [6.45, 7) is 0.539. The molecular weight excluding hydrogens is 252 g/mol. The molecule has 0 aromatic heterocycles. The molecule has 6 nitrogen and oxygen atoms in total. The Hall–Kier alpha value is -1.56. The fourth-order valence-corrected chi connectivity index (χ4v) is 3.85. The standard InChI is InChI=1S/C11H14N4O2S/c12-14-13-8-11-6-7-18(16,17)15(11)9-10-4-2-1-3-5-10/h1-5,11H,6-9H2. The topological polar surface area (TPSA) is 86.1 Å². The van der Waals surface area contributed by atoms with Crippen molar-refractivity contribution in [2.75, 3.05) is 12.3 Å². The molecule has 1 saturated heterocycles. The third-order valence-corrected chi connectivity index (χ3v) is 4.90. The van der Waals surface area contributed by atoms with E-state index in [1.165, 1.54) is 4.31 Å². The monoisotopic (exact) mass is 266 g/mol. The Morgan fingerprint density at radius 1 is 1.39 bits per heavy atom. The molecule has 1 aromatic rings. The number of benzene rings is 1. The van der Waals surface area contributed by atoms with Gasteiger partial charge in [0.25, 0.3) is 0 Å². The number of hydrogen-bond donors (Lipinski definition) is 0. The Bertz CT molecular complexity index is 552. The van der Waals surface area contributed by atoms with Crippen LogP contribution in [-0.2, 0) is 16.6 Å². The van der Waals surface area contributed by atoms with Crippen LogP contribution in [0.2, 0.25) is 0 Å². The first-order chi connectivity index (χ1) is 8.63. The highest BCUT2D eigenvalue weighted by molar-refractivity contribution is 7.89. The van der Waals surface area contributed by atoms with Crippen molar-refractivity contribution in [1.29, 1.82) is 0 Å². The van der Waals surface area contributed by atoms with Crippen LogP contribution in [0.5, 0.6) is 0 Å². The molecule has 2 rings (SSSR count). The minimum absolute atomic E-state index is 0.130. The van der Waals surface area contributed by atoms with Crippen molar-refractivity contribution in [3.63, 3.8) is 0 Å². The molecule has 0 radical (unpaired) electrons. The summed E-state index contributed by atoms with van der Waals surface area (Å²) in [5.74, 6) is 0.130. The second kappa shape index (κ2) is 5.39. The van der Waals surface area contributed by atoms with Crippen molar-refractivity contribution in [3.8, 4) is 0 Å². The Kier molecular flexibility index (Phi) is 3.86. The molecule has 0 saturated carbocycles. The Morgan fingerprint density at radius 3 is 2.78 bits per heavy atom. The molecule has 1 aliphatic heterocycles. The van der Waals surface area contributed by atoms with Crippen molar-refractivity contribution < 1.29 is 8.42 Å². The normalized spacial score (nSPS) is 22.6. The van der Waals surface area contributed by atoms with Gasteiger partial charge in [-0.05, 0) is 17.5 Å². The largest absolute Gasteiger partial charge is 0.214 e. The van der Waals surface area contributed by atoms with Gasteiger partial charge in [0.15, 0.2) is 0 Å². The molecule has 0 spiro atoms. The van der Waals surface area contributed by atoms with Gasteiger partial charge in [0.2, 0.25) is 10.0 Å². The summed E-state index contributed by atoms with van der Waals surface area (Å²) in [5, 5.41) is 3.49. The summed E-state index contributed by atoms with van der Waals surface area (Å²) < 4.78 is 25.3. The first-order valence-electron chi connectivity index (χ1n) is 5.68. The van der Waals surface area contributed by atoms with E-state index in [-0.39, 0.29) is 18.3 Å². The van der Waals surface area contributed by atoms with Crippen LogP contribution in [-0.4, -0.2) is 31.1 Å². The highest BCUT2D eigenvalue weighted by Gasteiger charge is 2.36. The lowest BCUT2D eigenvalue weighted by atomic mass is 10.2. The highest BCUT2D eigenvalue weighted by Crippen LogP contribution is 2.24. The van der Waals surface area contributed by atoms with Crippen LogP contribution < -0.4 is 0 Å². The van der Waals surface area contributed by atoms with Gasteiger partial charge < -0.3 is 0 Å². The van der Waals surface area contributed by atoms with Gasteiger partial charge in [0.05, 0.1) is 5.75 Å². The molecule has 7 heteroatoms. The summed E-state index contributed by atoms with van der Waals surface area (Å²) in [5.41, 5.74) is 9.26. The highest BCUT2D eigenvalue weighted by atomic mass is 32.2. The Balaban J connectivity index is 2.18. The SMILES string of the molecule is [N-]=[N+]=NCC1CCS(=O)(=O)N1Cc1ccccc1. The second-order valence-electron chi connectivity index (χ2n) is 4.20. The molecule has 0 amide bonds. The molecule has 1 atom stereocenters. The van der Waals surface area contributed by atoms with Crippen molar-refractivity contribution in [3.05, 3.63) is 46.3 Å². The van der Waals surface area contributed by atoms with Crippen LogP contribution in [0, 0.1) is 0 Å². The molecule has 0 aliphatic carbocycles. The molecule has 1 aromatic carbocycles. The Labute approximate surface area is 106 Å². The van der Waals surface area contributed by atoms with Crippen LogP contribution in [0.3, 0.4) is 0 Å². The van der Waals surface area contributed by atoms with Gasteiger partial charge in [0, 0.05) is 24.0 Å². The first kappa shape index (κ1) is 12.9. The van der Waals surface area contributed by atoms with Crippen molar-refractivity contribution in [2.24, 2.45) is 5.11 Å². The number of azide groups is 1. The third-order valence-electron chi connectivity index (χ3n) is 3.01. The van der Waals surface area contributed by atoms with Gasteiger partial charge in [-0.2, -0.15) is 4.31 Å². The van der Waals surface area contributed by atoms with Crippen molar-refractivity contribution in [1.82, 2.24) is 4.31 Å². The molecule has 1 aliphatic rings. The van der Waals surface area contributed by atoms with Gasteiger partial charge in [-0.15, -0.1) is 0 Å². The summed E-state index contributed by atoms with van der Waals surface area (Å²) in [4.78, 5) is 2.69. The van der Waals surface area contributed by atoms with E-state index in [0.29, 0.717) is 13.0 Å².